The third kappa shape index (κ3) is 5.19. The minimum atomic E-state index is 1.19. The fraction of sp³-hybridized carbons (Fsp3) is 0.217. The molecule has 2 saturated carbocycles. The summed E-state index contributed by atoms with van der Waals surface area (Å²) in [7, 11) is 0. The minimum Gasteiger partial charge on any atom is -0.310 e. The Balaban J connectivity index is 1.21. The summed E-state index contributed by atoms with van der Waals surface area (Å²) < 4.78 is 0. The summed E-state index contributed by atoms with van der Waals surface area (Å²) in [6, 6.07) is 43.6. The maximum absolute atomic E-state index is 2.47. The molecule has 0 heterocycles. The van der Waals surface area contributed by atoms with Gasteiger partial charge in [-0.1, -0.05) is 121 Å². The molecule has 0 saturated heterocycles. The van der Waals surface area contributed by atoms with Gasteiger partial charge in [0.2, 0.25) is 0 Å². The highest BCUT2D eigenvalue weighted by Gasteiger charge is 2.20. The zero-order chi connectivity index (χ0) is 31.2. The Morgan fingerprint density at radius 2 is 0.830 bits per heavy atom. The van der Waals surface area contributed by atoms with Crippen LogP contribution < -0.4 is 4.90 Å². The van der Waals surface area contributed by atoms with E-state index in [1.807, 2.05) is 0 Å². The molecule has 1 nitrogen and oxygen atoms in total. The van der Waals surface area contributed by atoms with Gasteiger partial charge in [0.15, 0.2) is 0 Å². The highest BCUT2D eigenvalue weighted by atomic mass is 15.1. The molecule has 0 unspecified atom stereocenters. The number of fused-ring (bicyclic) bond motifs is 2. The number of nitrogens with zero attached hydrogens (tertiary/aromatic N) is 1. The van der Waals surface area contributed by atoms with Crippen LogP contribution in [0.3, 0.4) is 0 Å². The Hall–Kier alpha value is -4.88. The molecule has 0 amide bonds. The van der Waals surface area contributed by atoms with Gasteiger partial charge in [-0.05, 0) is 131 Å². The van der Waals surface area contributed by atoms with Gasteiger partial charge in [0.1, 0.15) is 0 Å². The van der Waals surface area contributed by atoms with Gasteiger partial charge in [-0.15, -0.1) is 0 Å². The molecule has 0 N–H and O–H groups in total. The van der Waals surface area contributed by atoms with Gasteiger partial charge in [0, 0.05) is 16.8 Å². The van der Waals surface area contributed by atoms with E-state index in [1.54, 1.807) is 11.1 Å². The first kappa shape index (κ1) is 28.4. The molecule has 7 aromatic carbocycles. The molecule has 9 rings (SSSR count). The van der Waals surface area contributed by atoms with E-state index >= 15 is 0 Å². The molecule has 2 fully saturated rings. The second kappa shape index (κ2) is 12.0. The number of benzene rings is 7. The lowest BCUT2D eigenvalue weighted by atomic mass is 9.89. The monoisotopic (exact) mass is 607 g/mol. The molecule has 7 aromatic rings. The van der Waals surface area contributed by atoms with E-state index in [9.17, 15) is 0 Å². The Morgan fingerprint density at radius 1 is 0.383 bits per heavy atom. The summed E-state index contributed by atoms with van der Waals surface area (Å²) >= 11 is 0. The Bertz CT molecular complexity index is 2150. The first-order valence-corrected chi connectivity index (χ1v) is 17.8. The summed E-state index contributed by atoms with van der Waals surface area (Å²) in [6.45, 7) is 0. The molecule has 0 atom stereocenters. The molecule has 0 aliphatic heterocycles. The van der Waals surface area contributed by atoms with Gasteiger partial charge >= 0.3 is 0 Å². The Kier molecular flexibility index (Phi) is 7.27. The van der Waals surface area contributed by atoms with Crippen LogP contribution in [0, 0.1) is 0 Å². The van der Waals surface area contributed by atoms with Crippen molar-refractivity contribution in [2.24, 2.45) is 0 Å². The van der Waals surface area contributed by atoms with E-state index in [4.69, 9.17) is 0 Å². The summed E-state index contributed by atoms with van der Waals surface area (Å²) in [5.74, 6) is 0. The number of hydrogen-bond acceptors (Lipinski definition) is 1. The SMILES string of the molecule is C(=C1CCCCC1)c1ccc(N(c2ccc(C=C3CCCCC3)cc2)c2ccc3c4cccc5cccc(c6cccc2c63)c54)cc1. The topological polar surface area (TPSA) is 3.24 Å². The van der Waals surface area contributed by atoms with Gasteiger partial charge in [-0.3, -0.25) is 0 Å². The smallest absolute Gasteiger partial charge is 0.0540 e. The molecule has 0 spiro atoms. The average Bonchev–Trinajstić information content (AvgIpc) is 3.13. The fourth-order valence-electron chi connectivity index (χ4n) is 8.46. The van der Waals surface area contributed by atoms with Crippen LogP contribution in [0.15, 0.2) is 126 Å². The minimum absolute atomic E-state index is 1.19. The van der Waals surface area contributed by atoms with Crippen LogP contribution in [0.5, 0.6) is 0 Å². The van der Waals surface area contributed by atoms with E-state index in [-0.39, 0.29) is 0 Å². The molecule has 47 heavy (non-hydrogen) atoms. The van der Waals surface area contributed by atoms with Gasteiger partial charge in [-0.25, -0.2) is 0 Å². The predicted molar refractivity (Wildman–Crippen MR) is 204 cm³/mol. The van der Waals surface area contributed by atoms with Crippen molar-refractivity contribution >= 4 is 72.3 Å². The molecule has 1 heteroatoms. The maximum Gasteiger partial charge on any atom is 0.0540 e. The maximum atomic E-state index is 2.47. The number of hydrogen-bond donors (Lipinski definition) is 0. The van der Waals surface area contributed by atoms with Crippen LogP contribution in [0.2, 0.25) is 0 Å². The average molecular weight is 608 g/mol. The van der Waals surface area contributed by atoms with Crippen molar-refractivity contribution in [2.45, 2.75) is 64.2 Å². The standard InChI is InChI=1S/C46H41N/c1-3-10-32(11-4-1)30-34-20-24-37(25-21-34)47(38-26-22-35(23-27-38)31-33-12-5-2-6-13-33)44-29-28-42-40-17-8-15-36-14-7-16-39(45(36)40)41-18-9-19-43(44)46(41)42/h7-9,14-31H,1-6,10-13H2. The van der Waals surface area contributed by atoms with Crippen LogP contribution in [0.25, 0.3) is 55.2 Å². The van der Waals surface area contributed by atoms with Gasteiger partial charge in [-0.2, -0.15) is 0 Å². The number of allylic oxidation sites excluding steroid dienone is 2. The van der Waals surface area contributed by atoms with Crippen molar-refractivity contribution in [3.63, 3.8) is 0 Å². The normalized spacial score (nSPS) is 15.6. The number of anilines is 3. The third-order valence-corrected chi connectivity index (χ3v) is 10.8. The fourth-order valence-corrected chi connectivity index (χ4v) is 8.46. The molecule has 230 valence electrons. The van der Waals surface area contributed by atoms with Crippen molar-refractivity contribution in [2.75, 3.05) is 4.90 Å². The van der Waals surface area contributed by atoms with E-state index in [2.05, 4.69) is 132 Å². The van der Waals surface area contributed by atoms with Crippen molar-refractivity contribution in [3.05, 3.63) is 138 Å². The molecular weight excluding hydrogens is 567 g/mol. The first-order chi connectivity index (χ1) is 23.3. The quantitative estimate of drug-likeness (QED) is 0.139. The molecule has 2 aliphatic rings. The van der Waals surface area contributed by atoms with Gasteiger partial charge < -0.3 is 4.90 Å². The second-order valence-corrected chi connectivity index (χ2v) is 13.8. The second-order valence-electron chi connectivity index (χ2n) is 13.8. The molecule has 0 bridgehead atoms. The lowest BCUT2D eigenvalue weighted by molar-refractivity contribution is 0.602. The van der Waals surface area contributed by atoms with Crippen LogP contribution in [0.1, 0.15) is 75.3 Å². The largest absolute Gasteiger partial charge is 0.310 e. The Morgan fingerprint density at radius 3 is 1.36 bits per heavy atom. The summed E-state index contributed by atoms with van der Waals surface area (Å²) in [6.07, 6.45) is 17.9. The highest BCUT2D eigenvalue weighted by Crippen LogP contribution is 2.46. The Labute approximate surface area is 278 Å². The van der Waals surface area contributed by atoms with Gasteiger partial charge in [0.05, 0.1) is 5.69 Å². The van der Waals surface area contributed by atoms with Crippen LogP contribution in [-0.2, 0) is 0 Å². The van der Waals surface area contributed by atoms with Crippen molar-refractivity contribution in [1.29, 1.82) is 0 Å². The highest BCUT2D eigenvalue weighted by molar-refractivity contribution is 6.34. The van der Waals surface area contributed by atoms with Crippen molar-refractivity contribution in [1.82, 2.24) is 0 Å². The lowest BCUT2D eigenvalue weighted by Gasteiger charge is -2.28. The molecular formula is C46H41N. The number of rotatable bonds is 5. The van der Waals surface area contributed by atoms with Crippen molar-refractivity contribution < 1.29 is 0 Å². The van der Waals surface area contributed by atoms with Crippen LogP contribution in [0.4, 0.5) is 17.1 Å². The molecule has 0 radical (unpaired) electrons. The van der Waals surface area contributed by atoms with Crippen molar-refractivity contribution in [3.8, 4) is 0 Å². The lowest BCUT2D eigenvalue weighted by Crippen LogP contribution is -2.10. The van der Waals surface area contributed by atoms with Crippen LogP contribution in [-0.4, -0.2) is 0 Å². The predicted octanol–water partition coefficient (Wildman–Crippen LogP) is 13.9. The summed E-state index contributed by atoms with van der Waals surface area (Å²) in [4.78, 5) is 2.47. The van der Waals surface area contributed by atoms with E-state index in [0.717, 1.165) is 0 Å². The van der Waals surface area contributed by atoms with E-state index in [0.29, 0.717) is 0 Å². The van der Waals surface area contributed by atoms with E-state index in [1.165, 1.54) is 135 Å². The first-order valence-electron chi connectivity index (χ1n) is 17.8. The third-order valence-electron chi connectivity index (χ3n) is 10.8. The van der Waals surface area contributed by atoms with Crippen LogP contribution >= 0.6 is 0 Å². The van der Waals surface area contributed by atoms with Gasteiger partial charge in [0.25, 0.3) is 0 Å². The molecule has 2 aliphatic carbocycles. The summed E-state index contributed by atoms with van der Waals surface area (Å²) in [5, 5.41) is 10.6. The zero-order valence-corrected chi connectivity index (χ0v) is 27.1. The van der Waals surface area contributed by atoms with E-state index < -0.39 is 0 Å². The zero-order valence-electron chi connectivity index (χ0n) is 27.1. The summed E-state index contributed by atoms with van der Waals surface area (Å²) in [5.41, 5.74) is 9.41. The molecule has 0 aromatic heterocycles.